The summed E-state index contributed by atoms with van der Waals surface area (Å²) < 4.78 is 0. The standard InChI is InChI=1S/C29H29N/c1-4-10-24(11-5-1)16-18-26-20-27(19-17-25-12-6-2-7-13-25)22-28(21-26)23-30-29-14-8-3-9-15-29/h1-15,20-22,30H,16-19,23H2. The summed E-state index contributed by atoms with van der Waals surface area (Å²) in [5.74, 6) is 0. The molecule has 0 amide bonds. The molecule has 0 aromatic heterocycles. The predicted octanol–water partition coefficient (Wildman–Crippen LogP) is 6.87. The van der Waals surface area contributed by atoms with E-state index in [1.165, 1.54) is 27.8 Å². The molecule has 0 radical (unpaired) electrons. The summed E-state index contributed by atoms with van der Waals surface area (Å²) in [5, 5.41) is 3.56. The van der Waals surface area contributed by atoms with Crippen LogP contribution in [0, 0.1) is 0 Å². The van der Waals surface area contributed by atoms with Crippen molar-refractivity contribution >= 4 is 5.69 Å². The molecule has 1 nitrogen and oxygen atoms in total. The summed E-state index contributed by atoms with van der Waals surface area (Å²) in [5.41, 5.74) is 8.17. The first-order valence-corrected chi connectivity index (χ1v) is 10.8. The number of nitrogens with one attached hydrogen (secondary N) is 1. The van der Waals surface area contributed by atoms with Gasteiger partial charge in [0.05, 0.1) is 0 Å². The number of hydrogen-bond donors (Lipinski definition) is 1. The molecule has 150 valence electrons. The molecule has 0 aliphatic carbocycles. The van der Waals surface area contributed by atoms with E-state index >= 15 is 0 Å². The number of anilines is 1. The van der Waals surface area contributed by atoms with Crippen LogP contribution in [0.4, 0.5) is 5.69 Å². The number of aryl methyl sites for hydroxylation is 4. The Labute approximate surface area is 180 Å². The van der Waals surface area contributed by atoms with Crippen molar-refractivity contribution in [2.75, 3.05) is 5.32 Å². The topological polar surface area (TPSA) is 12.0 Å². The van der Waals surface area contributed by atoms with Gasteiger partial charge in [0.15, 0.2) is 0 Å². The van der Waals surface area contributed by atoms with Gasteiger partial charge in [-0.15, -0.1) is 0 Å². The average molecular weight is 392 g/mol. The van der Waals surface area contributed by atoms with E-state index < -0.39 is 0 Å². The van der Waals surface area contributed by atoms with Crippen molar-refractivity contribution in [3.8, 4) is 0 Å². The van der Waals surface area contributed by atoms with Crippen molar-refractivity contribution in [3.05, 3.63) is 137 Å². The molecule has 0 heterocycles. The van der Waals surface area contributed by atoms with Crippen molar-refractivity contribution in [2.24, 2.45) is 0 Å². The molecule has 0 aliphatic heterocycles. The number of para-hydroxylation sites is 1. The van der Waals surface area contributed by atoms with Crippen molar-refractivity contribution in [1.82, 2.24) is 0 Å². The van der Waals surface area contributed by atoms with Gasteiger partial charge in [0, 0.05) is 12.2 Å². The minimum Gasteiger partial charge on any atom is -0.381 e. The fourth-order valence-electron chi connectivity index (χ4n) is 3.86. The van der Waals surface area contributed by atoms with E-state index in [0.29, 0.717) is 0 Å². The first-order chi connectivity index (χ1) is 14.8. The number of benzene rings is 4. The maximum absolute atomic E-state index is 3.56. The molecule has 1 N–H and O–H groups in total. The highest BCUT2D eigenvalue weighted by Gasteiger charge is 2.04. The summed E-state index contributed by atoms with van der Waals surface area (Å²) in [6.07, 6.45) is 4.30. The molecule has 4 rings (SSSR count). The van der Waals surface area contributed by atoms with Gasteiger partial charge in [-0.3, -0.25) is 0 Å². The molecule has 1 heteroatoms. The van der Waals surface area contributed by atoms with E-state index in [9.17, 15) is 0 Å². The van der Waals surface area contributed by atoms with Gasteiger partial charge in [-0.25, -0.2) is 0 Å². The van der Waals surface area contributed by atoms with Crippen molar-refractivity contribution in [1.29, 1.82) is 0 Å². The molecule has 0 aliphatic rings. The normalized spacial score (nSPS) is 10.7. The first kappa shape index (κ1) is 20.0. The van der Waals surface area contributed by atoms with Gasteiger partial charge in [-0.2, -0.15) is 0 Å². The monoisotopic (exact) mass is 391 g/mol. The van der Waals surface area contributed by atoms with E-state index in [0.717, 1.165) is 37.9 Å². The Kier molecular flexibility index (Phi) is 6.96. The van der Waals surface area contributed by atoms with Crippen LogP contribution in [-0.4, -0.2) is 0 Å². The lowest BCUT2D eigenvalue weighted by atomic mass is 9.96. The molecule has 0 saturated carbocycles. The lowest BCUT2D eigenvalue weighted by Crippen LogP contribution is -2.03. The van der Waals surface area contributed by atoms with Crippen LogP contribution in [0.25, 0.3) is 0 Å². The summed E-state index contributed by atoms with van der Waals surface area (Å²) in [6.45, 7) is 0.849. The lowest BCUT2D eigenvalue weighted by Gasteiger charge is -2.12. The van der Waals surface area contributed by atoms with Crippen molar-refractivity contribution < 1.29 is 0 Å². The number of hydrogen-bond acceptors (Lipinski definition) is 1. The third kappa shape index (κ3) is 6.09. The van der Waals surface area contributed by atoms with Gasteiger partial charge in [0.1, 0.15) is 0 Å². The average Bonchev–Trinajstić information content (AvgIpc) is 2.82. The molecule has 0 unspecified atom stereocenters. The Morgan fingerprint density at radius 3 is 1.30 bits per heavy atom. The van der Waals surface area contributed by atoms with Gasteiger partial charge < -0.3 is 5.32 Å². The summed E-state index contributed by atoms with van der Waals surface area (Å²) in [7, 11) is 0. The highest BCUT2D eigenvalue weighted by molar-refractivity contribution is 5.44. The summed E-state index contributed by atoms with van der Waals surface area (Å²) in [4.78, 5) is 0. The zero-order chi connectivity index (χ0) is 20.4. The smallest absolute Gasteiger partial charge is 0.0400 e. The third-order valence-electron chi connectivity index (χ3n) is 5.47. The Balaban J connectivity index is 1.48. The molecule has 0 atom stereocenters. The van der Waals surface area contributed by atoms with Gasteiger partial charge in [0.2, 0.25) is 0 Å². The summed E-state index contributed by atoms with van der Waals surface area (Å²) in [6, 6.07) is 39.1. The van der Waals surface area contributed by atoms with Crippen molar-refractivity contribution in [3.63, 3.8) is 0 Å². The van der Waals surface area contributed by atoms with Gasteiger partial charge in [0.25, 0.3) is 0 Å². The second-order valence-electron chi connectivity index (χ2n) is 7.85. The minimum atomic E-state index is 0.849. The van der Waals surface area contributed by atoms with Crippen LogP contribution in [0.3, 0.4) is 0 Å². The molecule has 0 bridgehead atoms. The fraction of sp³-hybridized carbons (Fsp3) is 0.172. The van der Waals surface area contributed by atoms with Crippen molar-refractivity contribution in [2.45, 2.75) is 32.2 Å². The van der Waals surface area contributed by atoms with Crippen LogP contribution < -0.4 is 5.32 Å². The Bertz CT molecular complexity index is 875. The maximum atomic E-state index is 3.56. The molecule has 4 aromatic rings. The van der Waals surface area contributed by atoms with Gasteiger partial charge >= 0.3 is 0 Å². The van der Waals surface area contributed by atoms with E-state index in [1.807, 2.05) is 0 Å². The molecule has 0 saturated heterocycles. The van der Waals surface area contributed by atoms with Crippen LogP contribution >= 0.6 is 0 Å². The van der Waals surface area contributed by atoms with Crippen LogP contribution in [0.2, 0.25) is 0 Å². The molecule has 0 fully saturated rings. The van der Waals surface area contributed by atoms with Crippen LogP contribution in [-0.2, 0) is 32.2 Å². The molecule has 4 aromatic carbocycles. The molecule has 0 spiro atoms. The first-order valence-electron chi connectivity index (χ1n) is 10.8. The molecule has 30 heavy (non-hydrogen) atoms. The zero-order valence-corrected chi connectivity index (χ0v) is 17.4. The highest BCUT2D eigenvalue weighted by Crippen LogP contribution is 2.17. The van der Waals surface area contributed by atoms with Crippen LogP contribution in [0.5, 0.6) is 0 Å². The Morgan fingerprint density at radius 1 is 0.400 bits per heavy atom. The maximum Gasteiger partial charge on any atom is 0.0400 e. The quantitative estimate of drug-likeness (QED) is 0.328. The molecular weight excluding hydrogens is 362 g/mol. The Morgan fingerprint density at radius 2 is 0.800 bits per heavy atom. The summed E-state index contributed by atoms with van der Waals surface area (Å²) >= 11 is 0. The lowest BCUT2D eigenvalue weighted by molar-refractivity contribution is 0.921. The minimum absolute atomic E-state index is 0.849. The van der Waals surface area contributed by atoms with Gasteiger partial charge in [-0.1, -0.05) is 97.1 Å². The fourth-order valence-corrected chi connectivity index (χ4v) is 3.86. The number of rotatable bonds is 9. The van der Waals surface area contributed by atoms with E-state index in [2.05, 4.69) is 115 Å². The third-order valence-corrected chi connectivity index (χ3v) is 5.47. The second-order valence-corrected chi connectivity index (χ2v) is 7.85. The zero-order valence-electron chi connectivity index (χ0n) is 17.4. The van der Waals surface area contributed by atoms with Crippen LogP contribution in [0.15, 0.2) is 109 Å². The van der Waals surface area contributed by atoms with E-state index in [4.69, 9.17) is 0 Å². The SMILES string of the molecule is c1ccc(CCc2cc(CCc3ccccc3)cc(CNc3ccccc3)c2)cc1. The second kappa shape index (κ2) is 10.5. The molecular formula is C29H29N. The highest BCUT2D eigenvalue weighted by atomic mass is 14.9. The van der Waals surface area contributed by atoms with Crippen LogP contribution in [0.1, 0.15) is 27.8 Å². The predicted molar refractivity (Wildman–Crippen MR) is 128 cm³/mol. The largest absolute Gasteiger partial charge is 0.381 e. The van der Waals surface area contributed by atoms with E-state index in [-0.39, 0.29) is 0 Å². The Hall–Kier alpha value is -3.32. The van der Waals surface area contributed by atoms with Gasteiger partial charge in [-0.05, 0) is 65.6 Å². The van der Waals surface area contributed by atoms with E-state index in [1.54, 1.807) is 0 Å².